The summed E-state index contributed by atoms with van der Waals surface area (Å²) in [6.07, 6.45) is 6.91. The van der Waals surface area contributed by atoms with Gasteiger partial charge < -0.3 is 14.6 Å². The van der Waals surface area contributed by atoms with Gasteiger partial charge in [0, 0.05) is 6.26 Å². The Bertz CT molecular complexity index is 881. The Balaban J connectivity index is 2.71. The van der Waals surface area contributed by atoms with E-state index in [0.29, 0.717) is 0 Å². The highest BCUT2D eigenvalue weighted by molar-refractivity contribution is 7.99. The van der Waals surface area contributed by atoms with Gasteiger partial charge in [-0.2, -0.15) is 0 Å². The highest BCUT2D eigenvalue weighted by atomic mass is 32.2. The quantitative estimate of drug-likeness (QED) is 0.507. The number of allylic oxidation sites excluding steroid dienone is 4. The Hall–Kier alpha value is -2.14. The summed E-state index contributed by atoms with van der Waals surface area (Å²) in [6, 6.07) is 0. The summed E-state index contributed by atoms with van der Waals surface area (Å²) in [7, 11) is 0. The predicted molar refractivity (Wildman–Crippen MR) is 124 cm³/mol. The first-order valence-electron chi connectivity index (χ1n) is 10.1. The van der Waals surface area contributed by atoms with Crippen LogP contribution in [0.15, 0.2) is 29.6 Å². The second-order valence-electron chi connectivity index (χ2n) is 7.49. The molecule has 158 valence electrons. The number of nitrogens with one attached hydrogen (secondary N) is 1. The van der Waals surface area contributed by atoms with Crippen molar-refractivity contribution in [3.8, 4) is 0 Å². The maximum atomic E-state index is 11.7. The van der Waals surface area contributed by atoms with Crippen LogP contribution in [0.5, 0.6) is 0 Å². The smallest absolute Gasteiger partial charge is 0.307 e. The van der Waals surface area contributed by atoms with Gasteiger partial charge in [-0.05, 0) is 97.6 Å². The van der Waals surface area contributed by atoms with Crippen molar-refractivity contribution >= 4 is 29.2 Å². The summed E-state index contributed by atoms with van der Waals surface area (Å²) < 4.78 is 9.25. The molecule has 0 saturated carbocycles. The molecule has 1 aliphatic heterocycles. The number of carboxylic acids is 1. The molecule has 0 amide bonds. The lowest BCUT2D eigenvalue weighted by atomic mass is 9.82. The molecule has 0 atom stereocenters. The maximum absolute atomic E-state index is 11.7. The largest absolute Gasteiger partial charge is 0.494 e. The monoisotopic (exact) mass is 415 g/mol. The Labute approximate surface area is 179 Å². The van der Waals surface area contributed by atoms with Gasteiger partial charge >= 0.3 is 5.97 Å². The molecule has 0 bridgehead atoms. The molecule has 1 saturated heterocycles. The van der Waals surface area contributed by atoms with Crippen LogP contribution in [0.25, 0.3) is 5.57 Å². The normalized spacial score (nSPS) is 17.1. The Morgan fingerprint density at radius 2 is 1.97 bits per heavy atom. The van der Waals surface area contributed by atoms with Crippen molar-refractivity contribution in [2.75, 3.05) is 17.6 Å². The van der Waals surface area contributed by atoms with Crippen molar-refractivity contribution in [2.45, 2.75) is 60.3 Å². The van der Waals surface area contributed by atoms with Crippen LogP contribution >= 0.6 is 11.9 Å². The molecular weight excluding hydrogens is 382 g/mol. The second kappa shape index (κ2) is 10.1. The van der Waals surface area contributed by atoms with Crippen molar-refractivity contribution in [1.29, 1.82) is 0 Å². The van der Waals surface area contributed by atoms with E-state index in [-0.39, 0.29) is 6.42 Å². The third-order valence-corrected chi connectivity index (χ3v) is 6.11. The van der Waals surface area contributed by atoms with Gasteiger partial charge in [-0.15, -0.1) is 0 Å². The molecule has 29 heavy (non-hydrogen) atoms. The molecule has 2 rings (SSSR count). The minimum absolute atomic E-state index is 0.0266. The van der Waals surface area contributed by atoms with E-state index in [1.807, 2.05) is 13.2 Å². The van der Waals surface area contributed by atoms with E-state index in [9.17, 15) is 9.90 Å². The molecule has 0 spiro atoms. The van der Waals surface area contributed by atoms with E-state index < -0.39 is 5.97 Å². The van der Waals surface area contributed by atoms with E-state index >= 15 is 0 Å². The lowest BCUT2D eigenvalue weighted by Crippen LogP contribution is -2.13. The van der Waals surface area contributed by atoms with Gasteiger partial charge in [-0.25, -0.2) is 0 Å². The Morgan fingerprint density at radius 1 is 1.28 bits per heavy atom. The molecule has 0 radical (unpaired) electrons. The highest BCUT2D eigenvalue weighted by Crippen LogP contribution is 2.40. The van der Waals surface area contributed by atoms with Gasteiger partial charge in [0.1, 0.15) is 5.76 Å². The molecule has 1 aliphatic rings. The molecular formula is C24H33NO3S. The number of anilines is 1. The fraction of sp³-hybridized carbons (Fsp3) is 0.458. The summed E-state index contributed by atoms with van der Waals surface area (Å²) in [5.74, 6) is 0.113. The first kappa shape index (κ1) is 23.1. The summed E-state index contributed by atoms with van der Waals surface area (Å²) in [4.78, 5) is 11.7. The lowest BCUT2D eigenvalue weighted by molar-refractivity contribution is -0.136. The van der Waals surface area contributed by atoms with Crippen molar-refractivity contribution in [1.82, 2.24) is 0 Å². The highest BCUT2D eigenvalue weighted by Gasteiger charge is 2.24. The minimum Gasteiger partial charge on any atom is -0.494 e. The number of hydrogen-bond donors (Lipinski definition) is 2. The van der Waals surface area contributed by atoms with Crippen molar-refractivity contribution in [3.63, 3.8) is 0 Å². The molecule has 1 fully saturated rings. The molecule has 4 nitrogen and oxygen atoms in total. The first-order valence-corrected chi connectivity index (χ1v) is 11.3. The number of rotatable bonds is 7. The van der Waals surface area contributed by atoms with Gasteiger partial charge in [-0.1, -0.05) is 25.5 Å². The molecule has 1 heterocycles. The first-order chi connectivity index (χ1) is 13.7. The Kier molecular flexibility index (Phi) is 8.03. The molecule has 5 heteroatoms. The van der Waals surface area contributed by atoms with Crippen LogP contribution in [0.3, 0.4) is 0 Å². The van der Waals surface area contributed by atoms with E-state index in [0.717, 1.165) is 76.3 Å². The van der Waals surface area contributed by atoms with Gasteiger partial charge in [0.05, 0.1) is 18.7 Å². The van der Waals surface area contributed by atoms with Gasteiger partial charge in [-0.3, -0.25) is 4.79 Å². The number of aliphatic carboxylic acids is 1. The van der Waals surface area contributed by atoms with Crippen LogP contribution in [-0.4, -0.2) is 23.9 Å². The van der Waals surface area contributed by atoms with E-state index in [1.54, 1.807) is 0 Å². The van der Waals surface area contributed by atoms with Crippen molar-refractivity contribution < 1.29 is 14.6 Å². The number of benzene rings is 1. The van der Waals surface area contributed by atoms with E-state index in [4.69, 9.17) is 4.74 Å². The van der Waals surface area contributed by atoms with Crippen LogP contribution in [0.2, 0.25) is 0 Å². The molecule has 0 unspecified atom stereocenters. The van der Waals surface area contributed by atoms with Gasteiger partial charge in [0.15, 0.2) is 0 Å². The van der Waals surface area contributed by atoms with Crippen molar-refractivity contribution in [3.05, 3.63) is 57.4 Å². The summed E-state index contributed by atoms with van der Waals surface area (Å²) in [6.45, 7) is 15.5. The minimum atomic E-state index is -0.835. The summed E-state index contributed by atoms with van der Waals surface area (Å²) >= 11 is 1.52. The van der Waals surface area contributed by atoms with Gasteiger partial charge in [0.25, 0.3) is 0 Å². The summed E-state index contributed by atoms with van der Waals surface area (Å²) in [5, 5.41) is 9.58. The second-order valence-corrected chi connectivity index (χ2v) is 8.10. The predicted octanol–water partition coefficient (Wildman–Crippen LogP) is 6.36. The number of ether oxygens (including phenoxy) is 1. The van der Waals surface area contributed by atoms with E-state index in [2.05, 4.69) is 45.1 Å². The zero-order chi connectivity index (χ0) is 21.7. The van der Waals surface area contributed by atoms with Crippen LogP contribution < -0.4 is 4.72 Å². The Morgan fingerprint density at radius 3 is 2.55 bits per heavy atom. The van der Waals surface area contributed by atoms with Crippen LogP contribution in [0, 0.1) is 20.8 Å². The SMILES string of the molecule is C=C(/C(C)=C1/CCCO/C1=C/CC)c1c(C)c(C)c(NSC)c(C)c1CC(=O)O. The standard InChI is InChI=1S/C24H33NO3S/c1-8-10-21-19(11-9-12-28-21)14(2)15(3)23-16(4)17(5)24(25-29-7)18(6)20(23)13-22(26)27/h10,25H,3,8-9,11-13H2,1-2,4-7H3,(H,26,27)/b19-14-,21-10+. The van der Waals surface area contributed by atoms with Crippen LogP contribution in [0.1, 0.15) is 60.9 Å². The third-order valence-electron chi connectivity index (χ3n) is 5.70. The van der Waals surface area contributed by atoms with Crippen molar-refractivity contribution in [2.24, 2.45) is 0 Å². The lowest BCUT2D eigenvalue weighted by Gasteiger charge is -2.26. The topological polar surface area (TPSA) is 58.6 Å². The number of carboxylic acid groups (broad SMARTS) is 1. The number of hydrogen-bond acceptors (Lipinski definition) is 4. The zero-order valence-corrected chi connectivity index (χ0v) is 19.3. The van der Waals surface area contributed by atoms with Crippen LogP contribution in [0.4, 0.5) is 5.69 Å². The average molecular weight is 416 g/mol. The maximum Gasteiger partial charge on any atom is 0.307 e. The van der Waals surface area contributed by atoms with E-state index in [1.165, 1.54) is 17.5 Å². The van der Waals surface area contributed by atoms with Crippen LogP contribution in [-0.2, 0) is 16.0 Å². The fourth-order valence-corrected chi connectivity index (χ4v) is 4.52. The zero-order valence-electron chi connectivity index (χ0n) is 18.5. The number of carbonyl (C=O) groups is 1. The fourth-order valence-electron chi connectivity index (χ4n) is 4.01. The molecule has 0 aliphatic carbocycles. The molecule has 0 aromatic heterocycles. The molecule has 1 aromatic carbocycles. The summed E-state index contributed by atoms with van der Waals surface area (Å²) in [5.41, 5.74) is 9.14. The third kappa shape index (κ3) is 4.89. The molecule has 2 N–H and O–H groups in total. The molecule has 1 aromatic rings. The van der Waals surface area contributed by atoms with Gasteiger partial charge in [0.2, 0.25) is 0 Å². The average Bonchev–Trinajstić information content (AvgIpc) is 2.69.